The largest absolute Gasteiger partial charge is 0.435 e. The summed E-state index contributed by atoms with van der Waals surface area (Å²) in [6, 6.07) is 9.87. The molecule has 0 fully saturated rings. The van der Waals surface area contributed by atoms with E-state index in [1.165, 1.54) is 40.9 Å². The van der Waals surface area contributed by atoms with Crippen LogP contribution in [-0.2, 0) is 17.8 Å². The zero-order valence-corrected chi connectivity index (χ0v) is 16.6. The Morgan fingerprint density at radius 2 is 2.11 bits per heavy atom. The van der Waals surface area contributed by atoms with Crippen molar-refractivity contribution in [1.29, 1.82) is 0 Å². The minimum atomic E-state index is -2.88. The van der Waals surface area contributed by atoms with E-state index in [2.05, 4.69) is 26.3 Å². The molecule has 0 aliphatic carbocycles. The molecule has 0 aliphatic rings. The number of rotatable bonds is 9. The lowest BCUT2D eigenvalue weighted by Crippen LogP contribution is -2.23. The molecular weight excluding hydrogens is 406 g/mol. The minimum Gasteiger partial charge on any atom is -0.435 e. The minimum absolute atomic E-state index is 0.0364. The molecule has 1 N–H and O–H groups in total. The standard InChI is InChI=1S/C18H18F2N4O2S2/c1-12(16(25)22-13-4-6-14(7-5-13)26-17(19)20)28-18-23-21-11-24(18)9-8-15-3-2-10-27-15/h2-7,10-12,17H,8-9H2,1H3,(H,22,25). The Balaban J connectivity index is 1.53. The molecule has 28 heavy (non-hydrogen) atoms. The number of benzene rings is 1. The average molecular weight is 424 g/mol. The molecule has 3 aromatic rings. The topological polar surface area (TPSA) is 69.0 Å². The molecule has 1 amide bonds. The second-order valence-electron chi connectivity index (χ2n) is 5.79. The maximum Gasteiger partial charge on any atom is 0.387 e. The van der Waals surface area contributed by atoms with Crippen LogP contribution in [0.4, 0.5) is 14.5 Å². The molecule has 2 heterocycles. The summed E-state index contributed by atoms with van der Waals surface area (Å²) < 4.78 is 30.6. The number of aromatic nitrogens is 3. The van der Waals surface area contributed by atoms with Crippen molar-refractivity contribution in [2.24, 2.45) is 0 Å². The molecule has 0 saturated heterocycles. The van der Waals surface area contributed by atoms with Gasteiger partial charge in [0.2, 0.25) is 5.91 Å². The van der Waals surface area contributed by atoms with Crippen LogP contribution in [0.25, 0.3) is 0 Å². The molecule has 1 unspecified atom stereocenters. The smallest absolute Gasteiger partial charge is 0.387 e. The number of nitrogens with zero attached hydrogens (tertiary/aromatic N) is 3. The molecule has 6 nitrogen and oxygen atoms in total. The van der Waals surface area contributed by atoms with Crippen LogP contribution in [0.5, 0.6) is 5.75 Å². The highest BCUT2D eigenvalue weighted by atomic mass is 32.2. The number of hydrogen-bond acceptors (Lipinski definition) is 6. The molecule has 3 rings (SSSR count). The second-order valence-corrected chi connectivity index (χ2v) is 8.13. The van der Waals surface area contributed by atoms with Crippen LogP contribution in [0.3, 0.4) is 0 Å². The Bertz CT molecular complexity index is 885. The first kappa shape index (κ1) is 20.3. The lowest BCUT2D eigenvalue weighted by atomic mass is 10.3. The number of hydrogen-bond donors (Lipinski definition) is 1. The molecule has 10 heteroatoms. The van der Waals surface area contributed by atoms with E-state index in [0.717, 1.165) is 13.0 Å². The van der Waals surface area contributed by atoms with Gasteiger partial charge in [0.05, 0.1) is 5.25 Å². The number of anilines is 1. The first-order valence-electron chi connectivity index (χ1n) is 8.44. The van der Waals surface area contributed by atoms with E-state index in [-0.39, 0.29) is 11.7 Å². The number of ether oxygens (including phenoxy) is 1. The normalized spacial score (nSPS) is 12.1. The van der Waals surface area contributed by atoms with Gasteiger partial charge in [0.25, 0.3) is 0 Å². The zero-order chi connectivity index (χ0) is 19.9. The summed E-state index contributed by atoms with van der Waals surface area (Å²) in [5.74, 6) is -0.186. The summed E-state index contributed by atoms with van der Waals surface area (Å²) in [6.45, 7) is -0.378. The van der Waals surface area contributed by atoms with E-state index in [1.807, 2.05) is 16.0 Å². The van der Waals surface area contributed by atoms with Crippen molar-refractivity contribution in [2.45, 2.75) is 36.9 Å². The third-order valence-electron chi connectivity index (χ3n) is 3.76. The first-order chi connectivity index (χ1) is 13.5. The monoisotopic (exact) mass is 424 g/mol. The van der Waals surface area contributed by atoms with Crippen molar-refractivity contribution in [3.05, 3.63) is 53.0 Å². The highest BCUT2D eigenvalue weighted by molar-refractivity contribution is 8.00. The number of carbonyl (C=O) groups is 1. The Morgan fingerprint density at radius 3 is 2.79 bits per heavy atom. The van der Waals surface area contributed by atoms with Gasteiger partial charge in [-0.3, -0.25) is 4.79 Å². The van der Waals surface area contributed by atoms with Gasteiger partial charge in [0.15, 0.2) is 5.16 Å². The zero-order valence-electron chi connectivity index (χ0n) is 14.9. The Kier molecular flexibility index (Phi) is 6.99. The number of halogens is 2. The van der Waals surface area contributed by atoms with Gasteiger partial charge in [-0.2, -0.15) is 8.78 Å². The number of nitrogens with one attached hydrogen (secondary N) is 1. The SMILES string of the molecule is CC(Sc1nncn1CCc1cccs1)C(=O)Nc1ccc(OC(F)F)cc1. The van der Waals surface area contributed by atoms with E-state index < -0.39 is 11.9 Å². The van der Waals surface area contributed by atoms with Crippen molar-refractivity contribution in [3.8, 4) is 5.75 Å². The number of alkyl halides is 2. The van der Waals surface area contributed by atoms with Crippen LogP contribution in [0.15, 0.2) is 53.3 Å². The third-order valence-corrected chi connectivity index (χ3v) is 5.79. The van der Waals surface area contributed by atoms with Crippen molar-refractivity contribution in [3.63, 3.8) is 0 Å². The number of thiophene rings is 1. The van der Waals surface area contributed by atoms with Gasteiger partial charge in [-0.25, -0.2) is 0 Å². The molecule has 1 aromatic carbocycles. The molecule has 0 radical (unpaired) electrons. The van der Waals surface area contributed by atoms with Crippen LogP contribution in [-0.4, -0.2) is 32.5 Å². The molecule has 1 atom stereocenters. The maximum absolute atomic E-state index is 12.4. The maximum atomic E-state index is 12.4. The number of thioether (sulfide) groups is 1. The molecule has 0 bridgehead atoms. The van der Waals surface area contributed by atoms with Crippen molar-refractivity contribution in [1.82, 2.24) is 14.8 Å². The molecule has 2 aromatic heterocycles. The average Bonchev–Trinajstić information content (AvgIpc) is 3.33. The van der Waals surface area contributed by atoms with Crippen LogP contribution < -0.4 is 10.1 Å². The van der Waals surface area contributed by atoms with Gasteiger partial charge in [-0.1, -0.05) is 17.8 Å². The van der Waals surface area contributed by atoms with Crippen LogP contribution in [0.1, 0.15) is 11.8 Å². The highest BCUT2D eigenvalue weighted by Gasteiger charge is 2.18. The van der Waals surface area contributed by atoms with E-state index in [1.54, 1.807) is 24.6 Å². The van der Waals surface area contributed by atoms with Crippen LogP contribution >= 0.6 is 23.1 Å². The first-order valence-corrected chi connectivity index (χ1v) is 10.2. The fourth-order valence-electron chi connectivity index (χ4n) is 2.35. The molecule has 0 aliphatic heterocycles. The fraction of sp³-hybridized carbons (Fsp3) is 0.278. The predicted octanol–water partition coefficient (Wildman–Crippen LogP) is 4.30. The molecule has 0 spiro atoms. The number of carbonyl (C=O) groups excluding carboxylic acids is 1. The lowest BCUT2D eigenvalue weighted by Gasteiger charge is -2.13. The fourth-order valence-corrected chi connectivity index (χ4v) is 3.90. The summed E-state index contributed by atoms with van der Waals surface area (Å²) >= 11 is 3.01. The lowest BCUT2D eigenvalue weighted by molar-refractivity contribution is -0.115. The Hall–Kier alpha value is -2.46. The van der Waals surface area contributed by atoms with Crippen LogP contribution in [0, 0.1) is 0 Å². The Labute approximate surface area is 168 Å². The van der Waals surface area contributed by atoms with Gasteiger partial charge in [0, 0.05) is 17.1 Å². The summed E-state index contributed by atoms with van der Waals surface area (Å²) in [7, 11) is 0. The molecule has 0 saturated carbocycles. The number of amides is 1. The van der Waals surface area contributed by atoms with Gasteiger partial charge < -0.3 is 14.6 Å². The van der Waals surface area contributed by atoms with Crippen LogP contribution in [0.2, 0.25) is 0 Å². The third kappa shape index (κ3) is 5.77. The molecular formula is C18H18F2N4O2S2. The van der Waals surface area contributed by atoms with Gasteiger partial charge in [0.1, 0.15) is 12.1 Å². The van der Waals surface area contributed by atoms with E-state index in [0.29, 0.717) is 10.8 Å². The quantitative estimate of drug-likeness (QED) is 0.519. The summed E-state index contributed by atoms with van der Waals surface area (Å²) in [4.78, 5) is 13.7. The highest BCUT2D eigenvalue weighted by Crippen LogP contribution is 2.24. The van der Waals surface area contributed by atoms with E-state index in [9.17, 15) is 13.6 Å². The molecule has 148 valence electrons. The Morgan fingerprint density at radius 1 is 1.32 bits per heavy atom. The van der Waals surface area contributed by atoms with Gasteiger partial charge in [-0.15, -0.1) is 21.5 Å². The summed E-state index contributed by atoms with van der Waals surface area (Å²) in [5.41, 5.74) is 0.498. The van der Waals surface area contributed by atoms with E-state index in [4.69, 9.17) is 0 Å². The van der Waals surface area contributed by atoms with E-state index >= 15 is 0 Å². The van der Waals surface area contributed by atoms with Gasteiger partial charge in [-0.05, 0) is 49.1 Å². The summed E-state index contributed by atoms with van der Waals surface area (Å²) in [6.07, 6.45) is 2.53. The number of aryl methyl sites for hydroxylation is 2. The van der Waals surface area contributed by atoms with Crippen molar-refractivity contribution < 1.29 is 18.3 Å². The van der Waals surface area contributed by atoms with Gasteiger partial charge >= 0.3 is 6.61 Å². The van der Waals surface area contributed by atoms with Crippen molar-refractivity contribution >= 4 is 34.7 Å². The van der Waals surface area contributed by atoms with Crippen molar-refractivity contribution in [2.75, 3.05) is 5.32 Å². The second kappa shape index (κ2) is 9.65. The summed E-state index contributed by atoms with van der Waals surface area (Å²) in [5, 5.41) is 13.1. The predicted molar refractivity (Wildman–Crippen MR) is 105 cm³/mol.